The van der Waals surface area contributed by atoms with Gasteiger partial charge >= 0.3 is 0 Å². The summed E-state index contributed by atoms with van der Waals surface area (Å²) in [5.74, 6) is 0.733. The molecule has 5 aromatic rings. The minimum Gasteiger partial charge on any atom is -0.543 e. The quantitative estimate of drug-likeness (QED) is 0.0460. The van der Waals surface area contributed by atoms with Crippen LogP contribution in [0.5, 0.6) is 11.5 Å². The lowest BCUT2D eigenvalue weighted by molar-refractivity contribution is -0.127. The van der Waals surface area contributed by atoms with E-state index in [4.69, 9.17) is 81.7 Å². The third-order valence-corrected chi connectivity index (χ3v) is 37.5. The van der Waals surface area contributed by atoms with Gasteiger partial charge in [-0.15, -0.1) is 10.2 Å². The molecule has 0 fully saturated rings. The Morgan fingerprint density at radius 3 is 1.44 bits per heavy atom. The zero-order valence-corrected chi connectivity index (χ0v) is 61.9. The molecule has 4 atom stereocenters. The number of halogens is 4. The first kappa shape index (κ1) is 73.2. The summed E-state index contributed by atoms with van der Waals surface area (Å²) in [6.45, 7) is 66.0. The molecule has 85 heavy (non-hydrogen) atoms. The van der Waals surface area contributed by atoms with Crippen LogP contribution in [-0.2, 0) is 26.5 Å². The molecule has 464 valence electrons. The summed E-state index contributed by atoms with van der Waals surface area (Å²) in [6, 6.07) is 17.9. The largest absolute Gasteiger partial charge is 0.543 e. The van der Waals surface area contributed by atoms with E-state index in [1.54, 1.807) is 30.3 Å². The molecule has 12 nitrogen and oxygen atoms in total. The first-order chi connectivity index (χ1) is 38.7. The molecule has 1 amide bonds. The zero-order valence-electron chi connectivity index (χ0n) is 54.9. The van der Waals surface area contributed by atoms with Crippen LogP contribution >= 0.6 is 46.4 Å². The molecule has 0 aliphatic heterocycles. The van der Waals surface area contributed by atoms with E-state index in [0.29, 0.717) is 73.2 Å². The maximum Gasteiger partial charge on any atom is 0.250 e. The highest BCUT2D eigenvalue weighted by Crippen LogP contribution is 2.45. The second-order valence-corrected chi connectivity index (χ2v) is 49.0. The van der Waals surface area contributed by atoms with Crippen LogP contribution in [0.4, 0.5) is 11.4 Å². The van der Waals surface area contributed by atoms with Crippen molar-refractivity contribution in [1.82, 2.24) is 15.5 Å². The van der Waals surface area contributed by atoms with E-state index in [1.165, 1.54) is 0 Å². The summed E-state index contributed by atoms with van der Waals surface area (Å²) < 4.78 is 32.6. The van der Waals surface area contributed by atoms with Gasteiger partial charge in [-0.05, 0) is 172 Å². The Morgan fingerprint density at radius 1 is 0.588 bits per heavy atom. The Balaban J connectivity index is 0.000000364. The van der Waals surface area contributed by atoms with Gasteiger partial charge in [0.25, 0.3) is 16.6 Å². The summed E-state index contributed by atoms with van der Waals surface area (Å²) in [7, 11) is -8.48. The Bertz CT molecular complexity index is 3290. The van der Waals surface area contributed by atoms with Gasteiger partial charge in [0.1, 0.15) is 11.5 Å². The number of ketones is 1. The summed E-state index contributed by atoms with van der Waals surface area (Å²) in [6.07, 6.45) is 0.296. The molecule has 0 saturated carbocycles. The Kier molecular flexibility index (Phi) is 24.1. The third-order valence-electron chi connectivity index (χ3n) is 18.1. The molecule has 20 heteroatoms. The predicted octanol–water partition coefficient (Wildman–Crippen LogP) is 20.8. The molecule has 0 saturated heterocycles. The summed E-state index contributed by atoms with van der Waals surface area (Å²) >= 11 is 26.2. The van der Waals surface area contributed by atoms with Gasteiger partial charge in [-0.2, -0.15) is 0 Å². The fraction of sp³-hybridized carbons (Fsp3) is 0.538. The van der Waals surface area contributed by atoms with Crippen molar-refractivity contribution in [2.24, 2.45) is 5.92 Å². The maximum atomic E-state index is 13.7. The molecule has 1 aromatic heterocycles. The number of hydrogen-bond donors (Lipinski definition) is 1. The Morgan fingerprint density at radius 2 is 1.01 bits per heavy atom. The van der Waals surface area contributed by atoms with Crippen molar-refractivity contribution in [2.45, 2.75) is 214 Å². The van der Waals surface area contributed by atoms with Gasteiger partial charge in [-0.1, -0.05) is 154 Å². The SMILES string of the molecule is [C-]#[N+]c1ccc(C[C@@H](C(=O)NCC(=O)c2ccc(O[Si](C)(C)C(C)(C)C)c(Cl)c2)[C@H](C)O[Si](C)(C)C(C)(C)C)c(C)c1Cl.[C-]#[N+]c1ccc(C[C@@H](c2nnc(-c3ccc(O[Si](C)(C)C(C)(C)C)c(Cl)c3)o2)[C@H](C)O[Si](C)(C)C(C)(C)C)c(C)c1Cl. The van der Waals surface area contributed by atoms with E-state index < -0.39 is 45.3 Å². The third kappa shape index (κ3) is 18.4. The highest BCUT2D eigenvalue weighted by molar-refractivity contribution is 6.76. The number of nitrogens with one attached hydrogen (secondary N) is 1. The number of Topliss-reactive ketones (excluding diaryl/α,β-unsaturated/α-hetero) is 1. The van der Waals surface area contributed by atoms with Crippen LogP contribution in [0.25, 0.3) is 21.1 Å². The molecule has 1 heterocycles. The predicted molar refractivity (Wildman–Crippen MR) is 363 cm³/mol. The number of hydrogen-bond acceptors (Lipinski definition) is 9. The standard InChI is InChI=1S/C33H48Cl2N2O4Si2.C32H45Cl2N3O3Si2/c1-21-23(14-16-27(36-9)30(21)35)18-25(22(2)40-42(10,11)32(3,4)5)31(39)37-20-28(38)24-15-17-29(26(34)19-24)41-43(12,13)33(6,7)8;1-20-22(14-16-26(35-9)28(20)34)18-24(21(2)39-41(10,11)31(3,4)5)30-37-36-29(38-30)23-15-17-27(25(33)19-23)40-42(12,13)32(6,7)8/h14-17,19,22,25H,18,20H2,1-8,10-13H3,(H,37,39);14-17,19,21,24H,18H2,1-8,10-13H3/t22-,25+;21-,24+/m00/s1. The Labute approximate surface area is 533 Å². The van der Waals surface area contributed by atoms with Crippen LogP contribution in [0.3, 0.4) is 0 Å². The van der Waals surface area contributed by atoms with Crippen molar-refractivity contribution in [3.05, 3.63) is 137 Å². The minimum absolute atomic E-state index is 0.0000518. The summed E-state index contributed by atoms with van der Waals surface area (Å²) in [5, 5.41) is 13.5. The van der Waals surface area contributed by atoms with Crippen molar-refractivity contribution in [1.29, 1.82) is 0 Å². The smallest absolute Gasteiger partial charge is 0.250 e. The number of benzene rings is 4. The average molecular weight is 1310 g/mol. The highest BCUT2D eigenvalue weighted by atomic mass is 35.5. The molecule has 0 aliphatic carbocycles. The van der Waals surface area contributed by atoms with Crippen LogP contribution in [0.15, 0.2) is 65.1 Å². The van der Waals surface area contributed by atoms with Gasteiger partial charge in [0.15, 0.2) is 22.4 Å². The highest BCUT2D eigenvalue weighted by Gasteiger charge is 2.44. The first-order valence-corrected chi connectivity index (χ1v) is 42.1. The molecule has 0 unspecified atom stereocenters. The van der Waals surface area contributed by atoms with Gasteiger partial charge in [-0.3, -0.25) is 9.59 Å². The molecule has 0 aliphatic rings. The molecular formula is C65H93Cl4N5O7Si4. The second kappa shape index (κ2) is 28.0. The van der Waals surface area contributed by atoms with Crippen LogP contribution in [0, 0.1) is 32.9 Å². The number of rotatable bonds is 20. The van der Waals surface area contributed by atoms with Crippen LogP contribution in [-0.4, -0.2) is 73.9 Å². The molecule has 0 radical (unpaired) electrons. The topological polar surface area (TPSA) is 131 Å². The lowest BCUT2D eigenvalue weighted by Crippen LogP contribution is -2.48. The van der Waals surface area contributed by atoms with Crippen molar-refractivity contribution >= 4 is 103 Å². The van der Waals surface area contributed by atoms with E-state index in [-0.39, 0.29) is 50.4 Å². The van der Waals surface area contributed by atoms with Gasteiger partial charge in [0, 0.05) is 11.1 Å². The lowest BCUT2D eigenvalue weighted by atomic mass is 9.91. The van der Waals surface area contributed by atoms with E-state index in [9.17, 15) is 9.59 Å². The molecule has 5 rings (SSSR count). The van der Waals surface area contributed by atoms with Crippen molar-refractivity contribution < 1.29 is 31.7 Å². The number of aromatic nitrogens is 2. The Hall–Kier alpha value is -4.31. The van der Waals surface area contributed by atoms with E-state index in [0.717, 1.165) is 27.8 Å². The normalized spacial score (nSPS) is 14.2. The van der Waals surface area contributed by atoms with Crippen molar-refractivity contribution in [2.75, 3.05) is 6.54 Å². The fourth-order valence-corrected chi connectivity index (χ4v) is 14.1. The van der Waals surface area contributed by atoms with Gasteiger partial charge in [-0.25, -0.2) is 9.69 Å². The molecule has 0 spiro atoms. The first-order valence-electron chi connectivity index (χ1n) is 29.0. The van der Waals surface area contributed by atoms with E-state index in [1.807, 2.05) is 51.1 Å². The van der Waals surface area contributed by atoms with Crippen molar-refractivity contribution in [3.8, 4) is 23.0 Å². The van der Waals surface area contributed by atoms with E-state index >= 15 is 0 Å². The summed E-state index contributed by atoms with van der Waals surface area (Å²) in [5.41, 5.74) is 5.44. The lowest BCUT2D eigenvalue weighted by Gasteiger charge is -2.40. The molecule has 4 aromatic carbocycles. The summed E-state index contributed by atoms with van der Waals surface area (Å²) in [4.78, 5) is 33.9. The molecule has 1 N–H and O–H groups in total. The van der Waals surface area contributed by atoms with Gasteiger partial charge in [0.2, 0.25) is 29.1 Å². The van der Waals surface area contributed by atoms with Gasteiger partial charge < -0.3 is 27.4 Å². The minimum atomic E-state index is -2.21. The van der Waals surface area contributed by atoms with E-state index in [2.05, 4.69) is 168 Å². The van der Waals surface area contributed by atoms with Crippen LogP contribution in [0.2, 0.25) is 92.6 Å². The van der Waals surface area contributed by atoms with Crippen LogP contribution < -0.4 is 14.2 Å². The van der Waals surface area contributed by atoms with Crippen molar-refractivity contribution in [3.63, 3.8) is 0 Å². The number of nitrogens with zero attached hydrogens (tertiary/aromatic N) is 4. The fourth-order valence-electron chi connectivity index (χ4n) is 8.11. The average Bonchev–Trinajstić information content (AvgIpc) is 2.60. The molecular weight excluding hydrogens is 1220 g/mol. The van der Waals surface area contributed by atoms with Crippen LogP contribution in [0.1, 0.15) is 141 Å². The number of carbonyl (C=O) groups is 2. The monoisotopic (exact) mass is 1310 g/mol. The second-order valence-electron chi connectivity index (χ2n) is 28.5. The maximum absolute atomic E-state index is 13.7. The number of amides is 1. The number of carbonyl (C=O) groups excluding carboxylic acids is 2. The van der Waals surface area contributed by atoms with Gasteiger partial charge in [0.05, 0.1) is 63.8 Å². The molecule has 0 bridgehead atoms. The zero-order chi connectivity index (χ0) is 65.0.